The van der Waals surface area contributed by atoms with Gasteiger partial charge in [0.25, 0.3) is 0 Å². The molecular formula is H7BaBiOSr. The van der Waals surface area contributed by atoms with Gasteiger partial charge in [-0.3, -0.25) is 0 Å². The van der Waals surface area contributed by atoms with Crippen LogP contribution in [-0.4, -0.2) is 123 Å². The second-order valence-corrected chi connectivity index (χ2v) is 0. The van der Waals surface area contributed by atoms with Gasteiger partial charge in [-0.15, -0.1) is 0 Å². The fourth-order valence-corrected chi connectivity index (χ4v) is 0. The zero-order valence-electron chi connectivity index (χ0n) is 1.02. The summed E-state index contributed by atoms with van der Waals surface area (Å²) < 4.78 is 7.17. The van der Waals surface area contributed by atoms with E-state index in [1.807, 2.05) is 0 Å². The third kappa shape index (κ3) is 9.31. The van der Waals surface area contributed by atoms with Crippen molar-refractivity contribution in [3.8, 4) is 0 Å². The minimum atomic E-state index is 0. The molecule has 0 spiro atoms. The molecule has 0 aliphatic rings. The van der Waals surface area contributed by atoms with Gasteiger partial charge in [-0.25, -0.2) is 0 Å². The molecule has 0 aliphatic heterocycles. The van der Waals surface area contributed by atoms with E-state index in [4.69, 9.17) is 3.18 Å². The van der Waals surface area contributed by atoms with E-state index in [1.54, 1.807) is 0 Å². The predicted octanol–water partition coefficient (Wildman–Crippen LogP) is -3.31. The van der Waals surface area contributed by atoms with Gasteiger partial charge in [-0.2, -0.15) is 0 Å². The maximum atomic E-state index is 7.17. The zero-order chi connectivity index (χ0) is 2.00. The Bertz CT molecular complexity index is 8.00. The summed E-state index contributed by atoms with van der Waals surface area (Å²) >= 11 is 0.167. The van der Waals surface area contributed by atoms with Crippen molar-refractivity contribution < 1.29 is 3.18 Å². The van der Waals surface area contributed by atoms with Gasteiger partial charge in [0.05, 0.1) is 0 Å². The van der Waals surface area contributed by atoms with E-state index in [0.29, 0.717) is 0 Å². The molecule has 0 rings (SSSR count). The Hall–Kier alpha value is 3.90. The summed E-state index contributed by atoms with van der Waals surface area (Å²) in [5.41, 5.74) is 0. The van der Waals surface area contributed by atoms with E-state index >= 15 is 0 Å². The topological polar surface area (TPSA) is 20.2 Å². The summed E-state index contributed by atoms with van der Waals surface area (Å²) in [6.45, 7) is 0. The molecule has 0 aromatic heterocycles. The molecule has 0 saturated heterocycles. The average molecular weight is 457 g/mol. The summed E-state index contributed by atoms with van der Waals surface area (Å²) in [5, 5.41) is 0. The van der Waals surface area contributed by atoms with Crippen LogP contribution in [0.3, 0.4) is 0 Å². The van der Waals surface area contributed by atoms with Gasteiger partial charge in [0.2, 0.25) is 0 Å². The molecule has 1 nitrogen and oxygen atoms in total. The van der Waals surface area contributed by atoms with Gasteiger partial charge in [-0.1, -0.05) is 0 Å². The van der Waals surface area contributed by atoms with Gasteiger partial charge >= 0.3 is 123 Å². The fourth-order valence-electron chi connectivity index (χ4n) is 0. The number of rotatable bonds is 0. The van der Waals surface area contributed by atoms with Gasteiger partial charge in [0.1, 0.15) is 0 Å². The Morgan fingerprint density at radius 1 is 1.25 bits per heavy atom. The van der Waals surface area contributed by atoms with E-state index in [1.165, 1.54) is 0 Å². The van der Waals surface area contributed by atoms with E-state index in [0.717, 1.165) is 0 Å². The molecule has 0 radical (unpaired) electrons. The molecule has 0 aliphatic carbocycles. The average Bonchev–Trinajstić information content (AvgIpc) is 1.00. The molecule has 4 heteroatoms. The summed E-state index contributed by atoms with van der Waals surface area (Å²) in [7, 11) is 0. The van der Waals surface area contributed by atoms with Crippen LogP contribution in [0.1, 0.15) is 0 Å². The standard InChI is InChI=1S/Ba.Bi.H2O.Sr.6H/h;;1H2;;;;;;;/q;+1;;;;;;;;/p-1. The van der Waals surface area contributed by atoms with E-state index in [-0.39, 0.29) is 120 Å². The Kier molecular flexibility index (Phi) is 61.9. The van der Waals surface area contributed by atoms with Crippen LogP contribution in [0, 0.1) is 0 Å². The molecule has 0 bridgehead atoms. The quantitative estimate of drug-likeness (QED) is 0.379. The van der Waals surface area contributed by atoms with Crippen molar-refractivity contribution in [2.24, 2.45) is 0 Å². The number of hydrogen-bond acceptors (Lipinski definition) is 1. The fraction of sp³-hybridized carbons (Fsp3) is 0. The summed E-state index contributed by atoms with van der Waals surface area (Å²) in [6.07, 6.45) is 0. The first kappa shape index (κ1) is 15.7. The van der Waals surface area contributed by atoms with E-state index in [2.05, 4.69) is 0 Å². The molecule has 0 saturated carbocycles. The molecule has 1 N–H and O–H groups in total. The molecule has 0 unspecified atom stereocenters. The van der Waals surface area contributed by atoms with Crippen molar-refractivity contribution in [1.82, 2.24) is 0 Å². The molecule has 4 heavy (non-hydrogen) atoms. The number of hydrogen-bond donors (Lipinski definition) is 1. The van der Waals surface area contributed by atoms with Crippen molar-refractivity contribution in [3.05, 3.63) is 0 Å². The third-order valence-electron chi connectivity index (χ3n) is 0. The maximum absolute atomic E-state index is 7.17. The van der Waals surface area contributed by atoms with Crippen LogP contribution >= 0.6 is 0 Å². The molecular weight excluding hydrogens is 450 g/mol. The molecule has 0 amide bonds. The molecule has 0 atom stereocenters. The molecule has 0 aromatic carbocycles. The molecule has 22 valence electrons. The first-order chi connectivity index (χ1) is 1.00. The predicted molar refractivity (Wildman–Crippen MR) is 27.9 cm³/mol. The first-order valence-corrected chi connectivity index (χ1v) is 2.27. The van der Waals surface area contributed by atoms with E-state index < -0.39 is 0 Å². The van der Waals surface area contributed by atoms with Crippen LogP contribution in [0.15, 0.2) is 0 Å². The zero-order valence-corrected chi connectivity index (χ0v) is 5.51. The van der Waals surface area contributed by atoms with Gasteiger partial charge in [-0.05, 0) is 0 Å². The first-order valence-electron chi connectivity index (χ1n) is 0.258. The Labute approximate surface area is 119 Å². The Morgan fingerprint density at radius 2 is 1.25 bits per heavy atom. The van der Waals surface area contributed by atoms with Crippen LogP contribution in [0.2, 0.25) is 0 Å². The second kappa shape index (κ2) is 15.8. The summed E-state index contributed by atoms with van der Waals surface area (Å²) in [5.74, 6) is 0. The van der Waals surface area contributed by atoms with Crippen LogP contribution in [0.5, 0.6) is 0 Å². The minimum absolute atomic E-state index is 0. The van der Waals surface area contributed by atoms with Crippen LogP contribution in [0.4, 0.5) is 0 Å². The van der Waals surface area contributed by atoms with Crippen molar-refractivity contribution in [2.45, 2.75) is 0 Å². The van der Waals surface area contributed by atoms with Gasteiger partial charge < -0.3 is 0 Å². The Balaban J connectivity index is -0.00000000500. The van der Waals surface area contributed by atoms with Crippen molar-refractivity contribution in [2.75, 3.05) is 0 Å². The van der Waals surface area contributed by atoms with Crippen molar-refractivity contribution in [3.63, 3.8) is 0 Å². The van der Waals surface area contributed by atoms with Crippen molar-refractivity contribution >= 4 is 120 Å². The monoisotopic (exact) mass is 458 g/mol. The Morgan fingerprint density at radius 3 is 1.25 bits per heavy atom. The van der Waals surface area contributed by atoms with Crippen molar-refractivity contribution in [1.29, 1.82) is 0 Å². The normalized spacial score (nSPS) is 1.50. The van der Waals surface area contributed by atoms with Gasteiger partial charge in [0, 0.05) is 0 Å². The molecule has 0 heterocycles. The van der Waals surface area contributed by atoms with Crippen LogP contribution in [0.25, 0.3) is 0 Å². The summed E-state index contributed by atoms with van der Waals surface area (Å²) in [4.78, 5) is 0. The van der Waals surface area contributed by atoms with Crippen LogP contribution in [-0.2, 0) is 0 Å². The molecule has 0 fully saturated rings. The summed E-state index contributed by atoms with van der Waals surface area (Å²) in [6, 6.07) is 0. The SMILES string of the molecule is [BaH2].[OH][BiH2].[SrH2]. The second-order valence-electron chi connectivity index (χ2n) is 0. The van der Waals surface area contributed by atoms with Gasteiger partial charge in [0.15, 0.2) is 0 Å². The molecule has 0 aromatic rings. The van der Waals surface area contributed by atoms with E-state index in [9.17, 15) is 0 Å². The van der Waals surface area contributed by atoms with Crippen LogP contribution < -0.4 is 0 Å². The third-order valence-corrected chi connectivity index (χ3v) is 0.